The highest BCUT2D eigenvalue weighted by atomic mass is 19.1. The Hall–Kier alpha value is -3.87. The molecule has 2 amide bonds. The first-order chi connectivity index (χ1) is 15.5. The third-order valence-electron chi connectivity index (χ3n) is 5.16. The van der Waals surface area contributed by atoms with Gasteiger partial charge in [0.25, 0.3) is 11.8 Å². The van der Waals surface area contributed by atoms with Gasteiger partial charge >= 0.3 is 0 Å². The number of carbonyl (C=O) groups excluding carboxylic acids is 2. The molecule has 0 atom stereocenters. The summed E-state index contributed by atoms with van der Waals surface area (Å²) < 4.78 is 24.0. The highest BCUT2D eigenvalue weighted by Gasteiger charge is 2.19. The van der Waals surface area contributed by atoms with Crippen LogP contribution in [0.15, 0.2) is 66.7 Å². The molecule has 0 aromatic heterocycles. The van der Waals surface area contributed by atoms with Crippen LogP contribution in [0, 0.1) is 12.7 Å². The van der Waals surface area contributed by atoms with E-state index in [2.05, 4.69) is 5.32 Å². The van der Waals surface area contributed by atoms with Crippen LogP contribution in [0.3, 0.4) is 0 Å². The number of hydrogen-bond donors (Lipinski definition) is 1. The zero-order chi connectivity index (χ0) is 22.5. The Bertz CT molecular complexity index is 1110. The number of halogens is 1. The lowest BCUT2D eigenvalue weighted by Crippen LogP contribution is -2.34. The summed E-state index contributed by atoms with van der Waals surface area (Å²) in [5.74, 6) is 0.377. The summed E-state index contributed by atoms with van der Waals surface area (Å²) in [6.07, 6.45) is 0.519. The van der Waals surface area contributed by atoms with Crippen molar-refractivity contribution in [2.24, 2.45) is 0 Å². The molecule has 0 fully saturated rings. The number of amides is 2. The number of rotatable bonds is 7. The monoisotopic (exact) mass is 434 g/mol. The maximum atomic E-state index is 13.4. The fourth-order valence-electron chi connectivity index (χ4n) is 3.40. The summed E-state index contributed by atoms with van der Waals surface area (Å²) in [4.78, 5) is 27.2. The SMILES string of the molecule is Cc1ccc(C(=O)N(CCCNC(=O)c2ccc3c(c2)OCO3)c2ccc(F)cc2)cc1. The van der Waals surface area contributed by atoms with Crippen LogP contribution in [-0.2, 0) is 0 Å². The number of benzene rings is 3. The van der Waals surface area contributed by atoms with Gasteiger partial charge in [-0.3, -0.25) is 9.59 Å². The predicted molar refractivity (Wildman–Crippen MR) is 119 cm³/mol. The first-order valence-corrected chi connectivity index (χ1v) is 10.3. The average Bonchev–Trinajstić information content (AvgIpc) is 3.28. The Morgan fingerprint density at radius 3 is 2.38 bits per heavy atom. The first-order valence-electron chi connectivity index (χ1n) is 10.3. The lowest BCUT2D eigenvalue weighted by molar-refractivity contribution is 0.0953. The van der Waals surface area contributed by atoms with Crippen LogP contribution in [0.4, 0.5) is 10.1 Å². The summed E-state index contributed by atoms with van der Waals surface area (Å²) in [7, 11) is 0. The number of anilines is 1. The smallest absolute Gasteiger partial charge is 0.258 e. The molecule has 1 N–H and O–H groups in total. The van der Waals surface area contributed by atoms with E-state index in [4.69, 9.17) is 9.47 Å². The molecule has 0 aliphatic carbocycles. The molecule has 0 saturated heterocycles. The van der Waals surface area contributed by atoms with E-state index < -0.39 is 0 Å². The van der Waals surface area contributed by atoms with Gasteiger partial charge in [-0.1, -0.05) is 17.7 Å². The lowest BCUT2D eigenvalue weighted by Gasteiger charge is -2.23. The zero-order valence-electron chi connectivity index (χ0n) is 17.6. The molecule has 0 saturated carbocycles. The van der Waals surface area contributed by atoms with Gasteiger partial charge in [-0.25, -0.2) is 4.39 Å². The van der Waals surface area contributed by atoms with Gasteiger partial charge in [0.2, 0.25) is 6.79 Å². The Balaban J connectivity index is 1.40. The zero-order valence-corrected chi connectivity index (χ0v) is 17.6. The molecular formula is C25H23FN2O4. The third-order valence-corrected chi connectivity index (χ3v) is 5.16. The van der Waals surface area contributed by atoms with Gasteiger partial charge in [-0.05, 0) is 67.9 Å². The number of hydrogen-bond acceptors (Lipinski definition) is 4. The molecule has 0 unspecified atom stereocenters. The predicted octanol–water partition coefficient (Wildman–Crippen LogP) is 4.33. The molecule has 6 nitrogen and oxygen atoms in total. The lowest BCUT2D eigenvalue weighted by atomic mass is 10.1. The molecule has 164 valence electrons. The van der Waals surface area contributed by atoms with E-state index >= 15 is 0 Å². The number of fused-ring (bicyclic) bond motifs is 1. The number of nitrogens with zero attached hydrogens (tertiary/aromatic N) is 1. The van der Waals surface area contributed by atoms with Crippen LogP contribution in [0.2, 0.25) is 0 Å². The van der Waals surface area contributed by atoms with Crippen molar-refractivity contribution in [3.8, 4) is 11.5 Å². The highest BCUT2D eigenvalue weighted by molar-refractivity contribution is 6.06. The van der Waals surface area contributed by atoms with Crippen LogP contribution in [0.1, 0.15) is 32.7 Å². The van der Waals surface area contributed by atoms with Crippen molar-refractivity contribution >= 4 is 17.5 Å². The standard InChI is InChI=1S/C25H23FN2O4/c1-17-3-5-18(6-4-17)25(30)28(21-10-8-20(26)9-11-21)14-2-13-27-24(29)19-7-12-22-23(15-19)32-16-31-22/h3-12,15H,2,13-14,16H2,1H3,(H,27,29). The number of ether oxygens (including phenoxy) is 2. The summed E-state index contributed by atoms with van der Waals surface area (Å²) in [6.45, 7) is 2.83. The highest BCUT2D eigenvalue weighted by Crippen LogP contribution is 2.32. The number of aryl methyl sites for hydroxylation is 1. The van der Waals surface area contributed by atoms with Gasteiger partial charge in [0.05, 0.1) is 0 Å². The minimum atomic E-state index is -0.368. The second kappa shape index (κ2) is 9.51. The van der Waals surface area contributed by atoms with E-state index in [1.807, 2.05) is 19.1 Å². The quantitative estimate of drug-likeness (QED) is 0.562. The molecule has 4 rings (SSSR count). The van der Waals surface area contributed by atoms with E-state index in [-0.39, 0.29) is 24.4 Å². The van der Waals surface area contributed by atoms with Crippen molar-refractivity contribution in [1.29, 1.82) is 0 Å². The van der Waals surface area contributed by atoms with Crippen molar-refractivity contribution in [1.82, 2.24) is 5.32 Å². The summed E-state index contributed by atoms with van der Waals surface area (Å²) in [5, 5.41) is 2.86. The van der Waals surface area contributed by atoms with Crippen LogP contribution < -0.4 is 19.7 Å². The van der Waals surface area contributed by atoms with Gasteiger partial charge in [0.15, 0.2) is 11.5 Å². The molecule has 7 heteroatoms. The minimum Gasteiger partial charge on any atom is -0.454 e. The van der Waals surface area contributed by atoms with Crippen LogP contribution >= 0.6 is 0 Å². The molecule has 0 bridgehead atoms. The third kappa shape index (κ3) is 4.88. The van der Waals surface area contributed by atoms with Gasteiger partial charge in [-0.2, -0.15) is 0 Å². The first kappa shape index (κ1) is 21.4. The minimum absolute atomic E-state index is 0.147. The Morgan fingerprint density at radius 1 is 0.938 bits per heavy atom. The number of carbonyl (C=O) groups is 2. The Morgan fingerprint density at radius 2 is 1.62 bits per heavy atom. The Labute approximate surface area is 185 Å². The molecule has 0 spiro atoms. The van der Waals surface area contributed by atoms with E-state index in [0.29, 0.717) is 47.8 Å². The fourth-order valence-corrected chi connectivity index (χ4v) is 3.40. The maximum absolute atomic E-state index is 13.4. The van der Waals surface area contributed by atoms with Crippen molar-refractivity contribution in [2.75, 3.05) is 24.8 Å². The van der Waals surface area contributed by atoms with Crippen molar-refractivity contribution in [3.05, 3.63) is 89.2 Å². The summed E-state index contributed by atoms with van der Waals surface area (Å²) >= 11 is 0. The second-order valence-corrected chi connectivity index (χ2v) is 7.48. The van der Waals surface area contributed by atoms with Crippen molar-refractivity contribution < 1.29 is 23.5 Å². The molecule has 0 radical (unpaired) electrons. The van der Waals surface area contributed by atoms with E-state index in [1.165, 1.54) is 12.1 Å². The van der Waals surface area contributed by atoms with Gasteiger partial charge in [-0.15, -0.1) is 0 Å². The fraction of sp³-hybridized carbons (Fsp3) is 0.200. The van der Waals surface area contributed by atoms with E-state index in [0.717, 1.165) is 5.56 Å². The summed E-state index contributed by atoms with van der Waals surface area (Å²) in [5.41, 5.74) is 2.67. The number of nitrogens with one attached hydrogen (secondary N) is 1. The van der Waals surface area contributed by atoms with Gasteiger partial charge in [0.1, 0.15) is 5.82 Å². The molecule has 32 heavy (non-hydrogen) atoms. The molecule has 1 heterocycles. The average molecular weight is 434 g/mol. The Kier molecular flexibility index (Phi) is 6.35. The second-order valence-electron chi connectivity index (χ2n) is 7.48. The van der Waals surface area contributed by atoms with Crippen LogP contribution in [0.5, 0.6) is 11.5 Å². The van der Waals surface area contributed by atoms with Crippen LogP contribution in [-0.4, -0.2) is 31.7 Å². The maximum Gasteiger partial charge on any atom is 0.258 e. The van der Waals surface area contributed by atoms with Gasteiger partial charge in [0, 0.05) is 29.9 Å². The summed E-state index contributed by atoms with van der Waals surface area (Å²) in [6, 6.07) is 18.1. The molecule has 1 aliphatic heterocycles. The van der Waals surface area contributed by atoms with E-state index in [9.17, 15) is 14.0 Å². The van der Waals surface area contributed by atoms with Crippen molar-refractivity contribution in [2.45, 2.75) is 13.3 Å². The topological polar surface area (TPSA) is 67.9 Å². The molecular weight excluding hydrogens is 411 g/mol. The normalized spacial score (nSPS) is 11.8. The van der Waals surface area contributed by atoms with E-state index in [1.54, 1.807) is 47.4 Å². The van der Waals surface area contributed by atoms with Gasteiger partial charge < -0.3 is 19.7 Å². The molecule has 3 aromatic rings. The molecule has 3 aromatic carbocycles. The van der Waals surface area contributed by atoms with Crippen LogP contribution in [0.25, 0.3) is 0 Å². The molecule has 1 aliphatic rings. The largest absolute Gasteiger partial charge is 0.454 e. The van der Waals surface area contributed by atoms with Crippen molar-refractivity contribution in [3.63, 3.8) is 0 Å².